The highest BCUT2D eigenvalue weighted by Gasteiger charge is 2.24. The minimum atomic E-state index is -0.382. The highest BCUT2D eigenvalue weighted by molar-refractivity contribution is 6.64. The summed E-state index contributed by atoms with van der Waals surface area (Å²) in [7, 11) is 0. The Labute approximate surface area is 70.5 Å². The number of carbonyl (C=O) groups is 1. The lowest BCUT2D eigenvalue weighted by Gasteiger charge is -2.15. The summed E-state index contributed by atoms with van der Waals surface area (Å²) in [6.45, 7) is 1.02. The molecule has 4 heteroatoms. The van der Waals surface area contributed by atoms with E-state index in [2.05, 4.69) is 6.07 Å². The van der Waals surface area contributed by atoms with E-state index in [1.165, 1.54) is 0 Å². The molecule has 1 aliphatic heterocycles. The molecule has 0 aromatic carbocycles. The van der Waals surface area contributed by atoms with Crippen LogP contribution in [0.2, 0.25) is 0 Å². The van der Waals surface area contributed by atoms with Crippen LogP contribution in [0.5, 0.6) is 0 Å². The Bertz CT molecular complexity index is 199. The maximum Gasteiger partial charge on any atom is 0.235 e. The van der Waals surface area contributed by atoms with Gasteiger partial charge in [-0.25, -0.2) is 0 Å². The molecular weight excluding hydrogens is 164 g/mol. The van der Waals surface area contributed by atoms with Crippen LogP contribution in [0, 0.1) is 11.3 Å². The van der Waals surface area contributed by atoms with Gasteiger partial charge in [0.05, 0.1) is 18.7 Å². The summed E-state index contributed by atoms with van der Waals surface area (Å²) in [5.41, 5.74) is 0. The summed E-state index contributed by atoms with van der Waals surface area (Å²) in [6.07, 6.45) is 1.85. The first-order chi connectivity index (χ1) is 5.24. The highest BCUT2D eigenvalue weighted by Crippen LogP contribution is 2.15. The summed E-state index contributed by atoms with van der Waals surface area (Å²) in [5.74, 6) is 0. The van der Waals surface area contributed by atoms with E-state index in [1.54, 1.807) is 0 Å². The van der Waals surface area contributed by atoms with E-state index in [9.17, 15) is 4.79 Å². The molecule has 0 unspecified atom stereocenters. The molecule has 1 atom stereocenters. The van der Waals surface area contributed by atoms with E-state index in [0.29, 0.717) is 0 Å². The molecule has 3 nitrogen and oxygen atoms in total. The Hall–Kier alpha value is -0.590. The van der Waals surface area contributed by atoms with E-state index in [1.807, 2.05) is 4.90 Å². The predicted molar refractivity (Wildman–Crippen MR) is 41.1 cm³/mol. The number of rotatable bonds is 2. The van der Waals surface area contributed by atoms with Crippen molar-refractivity contribution in [2.45, 2.75) is 18.9 Å². The number of hydrogen-bond acceptors (Lipinski definition) is 3. The molecule has 1 saturated heterocycles. The maximum atomic E-state index is 10.5. The lowest BCUT2D eigenvalue weighted by Crippen LogP contribution is -2.31. The number of nitrogens with zero attached hydrogens (tertiary/aromatic N) is 2. The minimum Gasteiger partial charge on any atom is -0.280 e. The molecule has 0 bridgehead atoms. The fraction of sp³-hybridized carbons (Fsp3) is 0.714. The zero-order valence-corrected chi connectivity index (χ0v) is 6.84. The van der Waals surface area contributed by atoms with Crippen molar-refractivity contribution in [3.63, 3.8) is 0 Å². The molecule has 1 rings (SSSR count). The Morgan fingerprint density at radius 1 is 1.82 bits per heavy atom. The van der Waals surface area contributed by atoms with Crippen molar-refractivity contribution in [1.82, 2.24) is 4.90 Å². The van der Waals surface area contributed by atoms with Crippen LogP contribution in [0.4, 0.5) is 0 Å². The van der Waals surface area contributed by atoms with E-state index in [-0.39, 0.29) is 17.8 Å². The molecule has 11 heavy (non-hydrogen) atoms. The fourth-order valence-corrected chi connectivity index (χ4v) is 1.47. The SMILES string of the molecule is N#C[C@@H]1CCCN1CC(=O)Cl. The van der Waals surface area contributed by atoms with E-state index in [4.69, 9.17) is 16.9 Å². The highest BCUT2D eigenvalue weighted by atomic mass is 35.5. The maximum absolute atomic E-state index is 10.5. The largest absolute Gasteiger partial charge is 0.280 e. The van der Waals surface area contributed by atoms with Crippen molar-refractivity contribution in [3.05, 3.63) is 0 Å². The molecule has 1 heterocycles. The van der Waals surface area contributed by atoms with Gasteiger partial charge < -0.3 is 0 Å². The third-order valence-electron chi connectivity index (χ3n) is 1.84. The third kappa shape index (κ3) is 2.18. The Balaban J connectivity index is 2.45. The van der Waals surface area contributed by atoms with Gasteiger partial charge in [0.15, 0.2) is 0 Å². The first-order valence-corrected chi connectivity index (χ1v) is 3.94. The molecule has 0 aromatic rings. The van der Waals surface area contributed by atoms with Gasteiger partial charge >= 0.3 is 0 Å². The van der Waals surface area contributed by atoms with Gasteiger partial charge in [0.25, 0.3) is 0 Å². The van der Waals surface area contributed by atoms with Crippen LogP contribution in [-0.4, -0.2) is 29.3 Å². The topological polar surface area (TPSA) is 44.1 Å². The van der Waals surface area contributed by atoms with Crippen molar-refractivity contribution in [1.29, 1.82) is 5.26 Å². The van der Waals surface area contributed by atoms with Crippen molar-refractivity contribution in [2.24, 2.45) is 0 Å². The number of nitriles is 1. The van der Waals surface area contributed by atoms with Crippen molar-refractivity contribution < 1.29 is 4.79 Å². The molecule has 0 amide bonds. The van der Waals surface area contributed by atoms with Gasteiger partial charge in [0.2, 0.25) is 5.24 Å². The Morgan fingerprint density at radius 2 is 2.55 bits per heavy atom. The van der Waals surface area contributed by atoms with Crippen LogP contribution in [0.15, 0.2) is 0 Å². The molecule has 0 saturated carbocycles. The number of halogens is 1. The molecule has 1 aliphatic rings. The summed E-state index contributed by atoms with van der Waals surface area (Å²) < 4.78 is 0. The lowest BCUT2D eigenvalue weighted by atomic mass is 10.2. The smallest absolute Gasteiger partial charge is 0.235 e. The first-order valence-electron chi connectivity index (χ1n) is 3.56. The van der Waals surface area contributed by atoms with Crippen LogP contribution in [0.3, 0.4) is 0 Å². The monoisotopic (exact) mass is 172 g/mol. The standard InChI is InChI=1S/C7H9ClN2O/c8-7(11)5-10-3-1-2-6(10)4-9/h6H,1-3,5H2/t6-/m0/s1. The molecule has 0 spiro atoms. The van der Waals surface area contributed by atoms with E-state index >= 15 is 0 Å². The van der Waals surface area contributed by atoms with E-state index in [0.717, 1.165) is 19.4 Å². The number of carbonyl (C=O) groups excluding carboxylic acids is 1. The summed E-state index contributed by atoms with van der Waals surface area (Å²) >= 11 is 5.19. The Kier molecular flexibility index (Phi) is 2.86. The van der Waals surface area contributed by atoms with Crippen molar-refractivity contribution in [3.8, 4) is 6.07 Å². The van der Waals surface area contributed by atoms with Crippen LogP contribution in [-0.2, 0) is 4.79 Å². The molecule has 0 aliphatic carbocycles. The first kappa shape index (κ1) is 8.51. The molecule has 0 N–H and O–H groups in total. The molecule has 0 aromatic heterocycles. The summed E-state index contributed by atoms with van der Waals surface area (Å²) in [6, 6.07) is 2.04. The van der Waals surface area contributed by atoms with Crippen molar-refractivity contribution in [2.75, 3.05) is 13.1 Å². The summed E-state index contributed by atoms with van der Waals surface area (Å²) in [5, 5.41) is 8.22. The molecular formula is C7H9ClN2O. The molecule has 1 fully saturated rings. The second-order valence-corrected chi connectivity index (χ2v) is 3.03. The predicted octanol–water partition coefficient (Wildman–Crippen LogP) is 0.740. The van der Waals surface area contributed by atoms with Gasteiger partial charge in [-0.15, -0.1) is 0 Å². The zero-order valence-electron chi connectivity index (χ0n) is 6.09. The average Bonchev–Trinajstić information content (AvgIpc) is 2.34. The molecule has 60 valence electrons. The third-order valence-corrected chi connectivity index (χ3v) is 1.96. The second kappa shape index (κ2) is 3.70. The zero-order chi connectivity index (χ0) is 8.27. The number of likely N-dealkylation sites (tertiary alicyclic amines) is 1. The quantitative estimate of drug-likeness (QED) is 0.577. The van der Waals surface area contributed by atoms with Gasteiger partial charge in [-0.3, -0.25) is 9.69 Å². The van der Waals surface area contributed by atoms with Crippen molar-refractivity contribution >= 4 is 16.8 Å². The summed E-state index contributed by atoms with van der Waals surface area (Å²) in [4.78, 5) is 12.3. The fourth-order valence-electron chi connectivity index (χ4n) is 1.32. The van der Waals surface area contributed by atoms with Gasteiger partial charge in [-0.05, 0) is 24.4 Å². The Morgan fingerprint density at radius 3 is 3.09 bits per heavy atom. The normalized spacial score (nSPS) is 24.9. The minimum absolute atomic E-state index is 0.0994. The van der Waals surface area contributed by atoms with Crippen LogP contribution >= 0.6 is 11.6 Å². The van der Waals surface area contributed by atoms with Crippen LogP contribution in [0.1, 0.15) is 12.8 Å². The van der Waals surface area contributed by atoms with Crippen LogP contribution in [0.25, 0.3) is 0 Å². The average molecular weight is 173 g/mol. The van der Waals surface area contributed by atoms with Gasteiger partial charge in [-0.1, -0.05) is 0 Å². The second-order valence-electron chi connectivity index (χ2n) is 2.61. The van der Waals surface area contributed by atoms with E-state index < -0.39 is 0 Å². The molecule has 0 radical (unpaired) electrons. The van der Waals surface area contributed by atoms with Crippen LogP contribution < -0.4 is 0 Å². The van der Waals surface area contributed by atoms with Gasteiger partial charge in [0.1, 0.15) is 0 Å². The van der Waals surface area contributed by atoms with Gasteiger partial charge in [0, 0.05) is 6.54 Å². The van der Waals surface area contributed by atoms with Gasteiger partial charge in [-0.2, -0.15) is 5.26 Å². The lowest BCUT2D eigenvalue weighted by molar-refractivity contribution is -0.112. The number of hydrogen-bond donors (Lipinski definition) is 0.